The fourth-order valence-corrected chi connectivity index (χ4v) is 4.83. The van der Waals surface area contributed by atoms with Crippen LogP contribution in [0.25, 0.3) is 0 Å². The number of phenolic OH excluding ortho intramolecular Hbond substituents is 1. The molecule has 0 aromatic heterocycles. The number of nitrogens with zero attached hydrogens (tertiary/aromatic N) is 1. The molecule has 126 valence electrons. The maximum absolute atomic E-state index is 9.81. The third kappa shape index (κ3) is 3.08. The zero-order valence-corrected chi connectivity index (χ0v) is 14.4. The largest absolute Gasteiger partial charge is 0.508 e. The van der Waals surface area contributed by atoms with Gasteiger partial charge in [0.25, 0.3) is 0 Å². The molecular formula is C22H27NO. The lowest BCUT2D eigenvalue weighted by molar-refractivity contribution is 0.0567. The number of rotatable bonds is 2. The van der Waals surface area contributed by atoms with Gasteiger partial charge < -0.3 is 5.11 Å². The van der Waals surface area contributed by atoms with Crippen molar-refractivity contribution in [1.82, 2.24) is 4.90 Å². The second-order valence-corrected chi connectivity index (χ2v) is 7.71. The molecule has 24 heavy (non-hydrogen) atoms. The molecule has 0 bridgehead atoms. The summed E-state index contributed by atoms with van der Waals surface area (Å²) in [5.74, 6) is 2.30. The smallest absolute Gasteiger partial charge is 0.115 e. The molecule has 2 nitrogen and oxygen atoms in total. The van der Waals surface area contributed by atoms with Crippen LogP contribution < -0.4 is 0 Å². The standard InChI is InChI=1S/C22H27NO/c1-16-14-23-15-19(17-6-3-2-4-7-17)10-11-20(23)13-22(16)18-8-5-9-21(24)12-18/h2-9,12,16,19-20,22,24H,10-11,13-15H2,1H3/t16?,19-,20?,22?/m1/s1. The Labute approximate surface area is 145 Å². The molecule has 4 rings (SSSR count). The van der Waals surface area contributed by atoms with Crippen molar-refractivity contribution in [2.24, 2.45) is 5.92 Å². The highest BCUT2D eigenvalue weighted by Crippen LogP contribution is 2.42. The van der Waals surface area contributed by atoms with E-state index in [1.807, 2.05) is 12.1 Å². The van der Waals surface area contributed by atoms with Crippen molar-refractivity contribution < 1.29 is 5.11 Å². The lowest BCUT2D eigenvalue weighted by Gasteiger charge is -2.48. The van der Waals surface area contributed by atoms with Crippen LogP contribution in [0, 0.1) is 5.92 Å². The first-order valence-electron chi connectivity index (χ1n) is 9.28. The summed E-state index contributed by atoms with van der Waals surface area (Å²) in [7, 11) is 0. The third-order valence-corrected chi connectivity index (χ3v) is 6.12. The summed E-state index contributed by atoms with van der Waals surface area (Å²) in [4.78, 5) is 2.73. The van der Waals surface area contributed by atoms with Gasteiger partial charge >= 0.3 is 0 Å². The first kappa shape index (κ1) is 15.7. The van der Waals surface area contributed by atoms with E-state index in [0.29, 0.717) is 29.5 Å². The molecule has 0 amide bonds. The van der Waals surface area contributed by atoms with Crippen LogP contribution in [0.3, 0.4) is 0 Å². The normalized spacial score (nSPS) is 30.7. The Hall–Kier alpha value is -1.80. The zero-order chi connectivity index (χ0) is 16.5. The second kappa shape index (κ2) is 6.60. The van der Waals surface area contributed by atoms with E-state index in [9.17, 15) is 5.11 Å². The predicted octanol–water partition coefficient (Wildman–Crippen LogP) is 4.76. The zero-order valence-electron chi connectivity index (χ0n) is 14.4. The van der Waals surface area contributed by atoms with E-state index < -0.39 is 0 Å². The molecule has 2 aliphatic heterocycles. The molecule has 0 aliphatic carbocycles. The molecule has 0 saturated carbocycles. The van der Waals surface area contributed by atoms with Gasteiger partial charge in [-0.15, -0.1) is 0 Å². The van der Waals surface area contributed by atoms with E-state index in [1.165, 1.54) is 43.5 Å². The minimum atomic E-state index is 0.398. The SMILES string of the molecule is CC1CN2C[C@H](c3ccccc3)CCC2CC1c1cccc(O)c1. The first-order valence-corrected chi connectivity index (χ1v) is 9.28. The van der Waals surface area contributed by atoms with Crippen molar-refractivity contribution in [3.8, 4) is 5.75 Å². The van der Waals surface area contributed by atoms with E-state index in [4.69, 9.17) is 0 Å². The monoisotopic (exact) mass is 321 g/mol. The van der Waals surface area contributed by atoms with Crippen LogP contribution >= 0.6 is 0 Å². The molecule has 4 atom stereocenters. The molecule has 0 spiro atoms. The molecule has 0 radical (unpaired) electrons. The minimum absolute atomic E-state index is 0.398. The van der Waals surface area contributed by atoms with Gasteiger partial charge in [0.2, 0.25) is 0 Å². The highest BCUT2D eigenvalue weighted by atomic mass is 16.3. The van der Waals surface area contributed by atoms with E-state index in [2.05, 4.69) is 48.2 Å². The Bertz CT molecular complexity index is 683. The Kier molecular flexibility index (Phi) is 4.32. The fourth-order valence-electron chi connectivity index (χ4n) is 4.83. The molecule has 1 N–H and O–H groups in total. The minimum Gasteiger partial charge on any atom is -0.508 e. The number of benzene rings is 2. The fraction of sp³-hybridized carbons (Fsp3) is 0.455. The summed E-state index contributed by atoms with van der Waals surface area (Å²) in [5.41, 5.74) is 2.81. The molecule has 2 aromatic carbocycles. The maximum Gasteiger partial charge on any atom is 0.115 e. The molecule has 2 aliphatic rings. The Morgan fingerprint density at radius 1 is 0.917 bits per heavy atom. The van der Waals surface area contributed by atoms with Gasteiger partial charge in [-0.1, -0.05) is 49.4 Å². The lowest BCUT2D eigenvalue weighted by atomic mass is 9.74. The number of piperidine rings is 2. The number of phenols is 1. The van der Waals surface area contributed by atoms with Gasteiger partial charge in [0, 0.05) is 19.1 Å². The average Bonchev–Trinajstić information content (AvgIpc) is 2.61. The van der Waals surface area contributed by atoms with Crippen LogP contribution in [0.2, 0.25) is 0 Å². The first-order chi connectivity index (χ1) is 11.7. The van der Waals surface area contributed by atoms with Gasteiger partial charge in [-0.25, -0.2) is 0 Å². The maximum atomic E-state index is 9.81. The third-order valence-electron chi connectivity index (χ3n) is 6.12. The van der Waals surface area contributed by atoms with Crippen molar-refractivity contribution in [2.75, 3.05) is 13.1 Å². The van der Waals surface area contributed by atoms with Crippen molar-refractivity contribution in [3.63, 3.8) is 0 Å². The number of hydrogen-bond acceptors (Lipinski definition) is 2. The van der Waals surface area contributed by atoms with Gasteiger partial charge in [-0.3, -0.25) is 4.90 Å². The van der Waals surface area contributed by atoms with E-state index >= 15 is 0 Å². The summed E-state index contributed by atoms with van der Waals surface area (Å²) in [6, 6.07) is 19.6. The van der Waals surface area contributed by atoms with Crippen LogP contribution in [0.1, 0.15) is 49.1 Å². The van der Waals surface area contributed by atoms with Crippen molar-refractivity contribution in [1.29, 1.82) is 0 Å². The molecule has 2 fully saturated rings. The number of aromatic hydroxyl groups is 1. The van der Waals surface area contributed by atoms with Crippen LogP contribution in [-0.4, -0.2) is 29.1 Å². The van der Waals surface area contributed by atoms with Gasteiger partial charge in [-0.05, 0) is 60.3 Å². The molecule has 2 heterocycles. The number of fused-ring (bicyclic) bond motifs is 1. The summed E-state index contributed by atoms with van der Waals surface area (Å²) in [6.07, 6.45) is 3.82. The Morgan fingerprint density at radius 2 is 1.71 bits per heavy atom. The van der Waals surface area contributed by atoms with Gasteiger partial charge in [0.15, 0.2) is 0 Å². The Morgan fingerprint density at radius 3 is 2.50 bits per heavy atom. The highest BCUT2D eigenvalue weighted by molar-refractivity contribution is 5.31. The summed E-state index contributed by atoms with van der Waals surface area (Å²) < 4.78 is 0. The summed E-state index contributed by atoms with van der Waals surface area (Å²) >= 11 is 0. The van der Waals surface area contributed by atoms with Gasteiger partial charge in [0.05, 0.1) is 0 Å². The summed E-state index contributed by atoms with van der Waals surface area (Å²) in [5, 5.41) is 9.81. The second-order valence-electron chi connectivity index (χ2n) is 7.71. The average molecular weight is 321 g/mol. The van der Waals surface area contributed by atoms with Gasteiger partial charge in [-0.2, -0.15) is 0 Å². The molecule has 2 heteroatoms. The molecule has 2 saturated heterocycles. The quantitative estimate of drug-likeness (QED) is 0.861. The summed E-state index contributed by atoms with van der Waals surface area (Å²) in [6.45, 7) is 4.75. The molecule has 3 unspecified atom stereocenters. The van der Waals surface area contributed by atoms with Gasteiger partial charge in [0.1, 0.15) is 5.75 Å². The number of hydrogen-bond donors (Lipinski definition) is 1. The van der Waals surface area contributed by atoms with E-state index in [-0.39, 0.29) is 0 Å². The topological polar surface area (TPSA) is 23.5 Å². The molecule has 2 aromatic rings. The van der Waals surface area contributed by atoms with Crippen LogP contribution in [0.15, 0.2) is 54.6 Å². The van der Waals surface area contributed by atoms with Crippen LogP contribution in [0.4, 0.5) is 0 Å². The van der Waals surface area contributed by atoms with Crippen LogP contribution in [-0.2, 0) is 0 Å². The van der Waals surface area contributed by atoms with Crippen LogP contribution in [0.5, 0.6) is 5.75 Å². The van der Waals surface area contributed by atoms with Crippen molar-refractivity contribution in [2.45, 2.75) is 44.1 Å². The van der Waals surface area contributed by atoms with Crippen molar-refractivity contribution >= 4 is 0 Å². The van der Waals surface area contributed by atoms with E-state index in [0.717, 1.165) is 0 Å². The lowest BCUT2D eigenvalue weighted by Crippen LogP contribution is -2.50. The van der Waals surface area contributed by atoms with E-state index in [1.54, 1.807) is 6.07 Å². The van der Waals surface area contributed by atoms with Crippen molar-refractivity contribution in [3.05, 3.63) is 65.7 Å². The predicted molar refractivity (Wildman–Crippen MR) is 98.4 cm³/mol. The Balaban J connectivity index is 1.48. The highest BCUT2D eigenvalue weighted by Gasteiger charge is 2.37. The molecular weight excluding hydrogens is 294 g/mol.